The van der Waals surface area contributed by atoms with E-state index in [4.69, 9.17) is 0 Å². The molecule has 192 valence electrons. The third kappa shape index (κ3) is 4.91. The average Bonchev–Trinajstić information content (AvgIpc) is 3.49. The van der Waals surface area contributed by atoms with E-state index in [0.717, 1.165) is 44.5 Å². The summed E-state index contributed by atoms with van der Waals surface area (Å²) in [5.74, 6) is 0.301. The van der Waals surface area contributed by atoms with Crippen molar-refractivity contribution in [2.75, 3.05) is 39.0 Å². The number of hydrogen-bond acceptors (Lipinski definition) is 6. The van der Waals surface area contributed by atoms with E-state index in [1.54, 1.807) is 48.7 Å². The van der Waals surface area contributed by atoms with Gasteiger partial charge in [-0.25, -0.2) is 21.1 Å². The van der Waals surface area contributed by atoms with E-state index >= 15 is 0 Å². The second kappa shape index (κ2) is 10.0. The topological polar surface area (TPSA) is 74.8 Å². The van der Waals surface area contributed by atoms with Crippen molar-refractivity contribution in [2.24, 2.45) is 0 Å². The van der Waals surface area contributed by atoms with Gasteiger partial charge in [0.1, 0.15) is 0 Å². The number of sulfonamides is 1. The largest absolute Gasteiger partial charge is 0.303 e. The second-order valence-electron chi connectivity index (χ2n) is 10.0. The standard InChI is InChI=1S/C27H32N2O4S3/c1-28(36(32,33)24-7-3-2-4-8-24)19-22(23-12-18-34-20-23)11-15-29-16-13-27(14-17-29)21-35(30,31)26-10-6-5-9-25(26)27/h2-10,12,18,20,22H,11,13-17,19,21H2,1H3. The molecule has 2 aromatic carbocycles. The van der Waals surface area contributed by atoms with Gasteiger partial charge in [-0.05, 0) is 91.0 Å². The Kier molecular flexibility index (Phi) is 7.13. The highest BCUT2D eigenvalue weighted by Crippen LogP contribution is 2.46. The van der Waals surface area contributed by atoms with Crippen molar-refractivity contribution in [1.82, 2.24) is 9.21 Å². The molecular weight excluding hydrogens is 513 g/mol. The summed E-state index contributed by atoms with van der Waals surface area (Å²) in [6.07, 6.45) is 2.50. The maximum Gasteiger partial charge on any atom is 0.242 e. The summed E-state index contributed by atoms with van der Waals surface area (Å²) in [5.41, 5.74) is 1.89. The van der Waals surface area contributed by atoms with Crippen molar-refractivity contribution in [3.05, 3.63) is 82.6 Å². The molecule has 5 rings (SSSR count). The Bertz CT molecular complexity index is 1400. The maximum atomic E-state index is 13.1. The van der Waals surface area contributed by atoms with Crippen LogP contribution in [0.1, 0.15) is 36.3 Å². The van der Waals surface area contributed by atoms with Crippen LogP contribution in [0, 0.1) is 0 Å². The molecule has 1 saturated heterocycles. The number of rotatable bonds is 8. The molecule has 2 aliphatic heterocycles. The highest BCUT2D eigenvalue weighted by Gasteiger charge is 2.48. The Labute approximate surface area is 218 Å². The first-order valence-corrected chi connectivity index (χ1v) is 16.3. The molecule has 2 aliphatic rings. The molecule has 1 unspecified atom stereocenters. The zero-order valence-electron chi connectivity index (χ0n) is 20.4. The SMILES string of the molecule is CN(CC(CCN1CCC2(CC1)CS(=O)(=O)c1ccccc12)c1ccsc1)S(=O)(=O)c1ccccc1. The number of likely N-dealkylation sites (tertiary alicyclic amines) is 1. The number of nitrogens with zero attached hydrogens (tertiary/aromatic N) is 2. The van der Waals surface area contributed by atoms with E-state index < -0.39 is 19.9 Å². The molecule has 9 heteroatoms. The number of hydrogen-bond donors (Lipinski definition) is 0. The Morgan fingerprint density at radius 3 is 2.42 bits per heavy atom. The molecule has 0 N–H and O–H groups in total. The lowest BCUT2D eigenvalue weighted by atomic mass is 9.74. The molecule has 0 radical (unpaired) electrons. The summed E-state index contributed by atoms with van der Waals surface area (Å²) in [6.45, 7) is 2.96. The van der Waals surface area contributed by atoms with E-state index in [-0.39, 0.29) is 17.1 Å². The zero-order chi connectivity index (χ0) is 25.4. The molecule has 3 heterocycles. The predicted octanol–water partition coefficient (Wildman–Crippen LogP) is 4.36. The Balaban J connectivity index is 1.25. The van der Waals surface area contributed by atoms with Gasteiger partial charge in [0.25, 0.3) is 0 Å². The maximum absolute atomic E-state index is 13.1. The van der Waals surface area contributed by atoms with Crippen molar-refractivity contribution in [3.63, 3.8) is 0 Å². The van der Waals surface area contributed by atoms with E-state index in [0.29, 0.717) is 16.3 Å². The molecular formula is C27H32N2O4S3. The van der Waals surface area contributed by atoms with Crippen LogP contribution in [0.15, 0.2) is 81.2 Å². The van der Waals surface area contributed by atoms with Gasteiger partial charge in [-0.2, -0.15) is 11.3 Å². The smallest absolute Gasteiger partial charge is 0.242 e. The summed E-state index contributed by atoms with van der Waals surface area (Å²) in [7, 11) is -5.12. The van der Waals surface area contributed by atoms with Crippen LogP contribution in [-0.2, 0) is 25.3 Å². The monoisotopic (exact) mass is 544 g/mol. The quantitative estimate of drug-likeness (QED) is 0.421. The average molecular weight is 545 g/mol. The third-order valence-corrected chi connectivity index (χ3v) is 12.3. The fourth-order valence-corrected chi connectivity index (χ4v) is 9.92. The van der Waals surface area contributed by atoms with Crippen molar-refractivity contribution in [3.8, 4) is 0 Å². The van der Waals surface area contributed by atoms with Gasteiger partial charge in [-0.3, -0.25) is 0 Å². The van der Waals surface area contributed by atoms with Crippen molar-refractivity contribution in [1.29, 1.82) is 0 Å². The van der Waals surface area contributed by atoms with Crippen LogP contribution >= 0.6 is 11.3 Å². The molecule has 3 aromatic rings. The fraction of sp³-hybridized carbons (Fsp3) is 0.407. The normalized spacial score (nSPS) is 19.9. The van der Waals surface area contributed by atoms with Crippen LogP contribution in [0.4, 0.5) is 0 Å². The molecule has 0 bridgehead atoms. The van der Waals surface area contributed by atoms with Gasteiger partial charge in [-0.1, -0.05) is 36.4 Å². The van der Waals surface area contributed by atoms with Gasteiger partial charge in [-0.15, -0.1) is 0 Å². The fourth-order valence-electron chi connectivity index (χ4n) is 5.70. The molecule has 1 atom stereocenters. The summed E-state index contributed by atoms with van der Waals surface area (Å²) in [5, 5.41) is 4.15. The van der Waals surface area contributed by atoms with Crippen molar-refractivity contribution >= 4 is 31.2 Å². The van der Waals surface area contributed by atoms with Crippen LogP contribution < -0.4 is 0 Å². The van der Waals surface area contributed by atoms with E-state index in [1.165, 1.54) is 9.87 Å². The van der Waals surface area contributed by atoms with Crippen LogP contribution in [-0.4, -0.2) is 65.0 Å². The summed E-state index contributed by atoms with van der Waals surface area (Å²) < 4.78 is 53.2. The van der Waals surface area contributed by atoms with Gasteiger partial charge < -0.3 is 4.90 Å². The molecule has 0 saturated carbocycles. The first-order chi connectivity index (χ1) is 17.2. The lowest BCUT2D eigenvalue weighted by Crippen LogP contribution is -2.44. The highest BCUT2D eigenvalue weighted by molar-refractivity contribution is 7.91. The zero-order valence-corrected chi connectivity index (χ0v) is 22.9. The molecule has 1 aromatic heterocycles. The summed E-state index contributed by atoms with van der Waals surface area (Å²) in [4.78, 5) is 3.23. The Morgan fingerprint density at radius 2 is 1.72 bits per heavy atom. The van der Waals surface area contributed by atoms with Crippen molar-refractivity contribution in [2.45, 2.75) is 40.4 Å². The van der Waals surface area contributed by atoms with E-state index in [9.17, 15) is 16.8 Å². The third-order valence-electron chi connectivity index (χ3n) is 7.81. The molecule has 1 spiro atoms. The van der Waals surface area contributed by atoms with Crippen LogP contribution in [0.25, 0.3) is 0 Å². The number of fused-ring (bicyclic) bond motifs is 2. The van der Waals surface area contributed by atoms with Gasteiger partial charge in [0, 0.05) is 19.0 Å². The van der Waals surface area contributed by atoms with Crippen LogP contribution in [0.3, 0.4) is 0 Å². The summed E-state index contributed by atoms with van der Waals surface area (Å²) in [6, 6.07) is 18.2. The minimum atomic E-state index is -3.56. The first-order valence-electron chi connectivity index (χ1n) is 12.3. The van der Waals surface area contributed by atoms with Gasteiger partial charge in [0.15, 0.2) is 9.84 Å². The molecule has 36 heavy (non-hydrogen) atoms. The number of likely N-dealkylation sites (N-methyl/N-ethyl adjacent to an activating group) is 1. The van der Waals surface area contributed by atoms with Crippen molar-refractivity contribution < 1.29 is 16.8 Å². The number of piperidine rings is 1. The van der Waals surface area contributed by atoms with Crippen LogP contribution in [0.2, 0.25) is 0 Å². The van der Waals surface area contributed by atoms with Gasteiger partial charge in [0.05, 0.1) is 15.5 Å². The highest BCUT2D eigenvalue weighted by atomic mass is 32.2. The molecule has 1 fully saturated rings. The van der Waals surface area contributed by atoms with E-state index in [2.05, 4.69) is 16.3 Å². The van der Waals surface area contributed by atoms with E-state index in [1.807, 2.05) is 29.6 Å². The molecule has 0 amide bonds. The first kappa shape index (κ1) is 25.6. The lowest BCUT2D eigenvalue weighted by molar-refractivity contribution is 0.165. The Morgan fingerprint density at radius 1 is 1.03 bits per heavy atom. The lowest BCUT2D eigenvalue weighted by Gasteiger charge is -2.39. The Hall–Kier alpha value is -2.04. The van der Waals surface area contributed by atoms with Gasteiger partial charge in [0.2, 0.25) is 10.0 Å². The number of benzene rings is 2. The summed E-state index contributed by atoms with van der Waals surface area (Å²) >= 11 is 1.63. The number of sulfone groups is 1. The minimum Gasteiger partial charge on any atom is -0.303 e. The second-order valence-corrected chi connectivity index (χ2v) is 14.8. The molecule has 6 nitrogen and oxygen atoms in total. The van der Waals surface area contributed by atoms with Gasteiger partial charge >= 0.3 is 0 Å². The minimum absolute atomic E-state index is 0.0863. The number of thiophene rings is 1. The molecule has 0 aliphatic carbocycles. The van der Waals surface area contributed by atoms with Crippen LogP contribution in [0.5, 0.6) is 0 Å². The predicted molar refractivity (Wildman–Crippen MR) is 144 cm³/mol.